The van der Waals surface area contributed by atoms with Crippen molar-refractivity contribution in [2.75, 3.05) is 18.8 Å². The second kappa shape index (κ2) is 5.87. The van der Waals surface area contributed by atoms with Crippen molar-refractivity contribution in [3.63, 3.8) is 0 Å². The lowest BCUT2D eigenvalue weighted by molar-refractivity contribution is -0.130. The highest BCUT2D eigenvalue weighted by molar-refractivity contribution is 8.00. The number of benzene rings is 1. The molecule has 0 atom stereocenters. The van der Waals surface area contributed by atoms with E-state index in [-0.39, 0.29) is 22.6 Å². The van der Waals surface area contributed by atoms with Gasteiger partial charge in [-0.1, -0.05) is 12.1 Å². The molecule has 1 aromatic carbocycles. The smallest absolute Gasteiger partial charge is 0.335 e. The quantitative estimate of drug-likeness (QED) is 0.929. The van der Waals surface area contributed by atoms with Gasteiger partial charge in [-0.05, 0) is 31.5 Å². The van der Waals surface area contributed by atoms with Gasteiger partial charge < -0.3 is 10.0 Å². The summed E-state index contributed by atoms with van der Waals surface area (Å²) in [5.74, 6) is 0.0594. The summed E-state index contributed by atoms with van der Waals surface area (Å²) in [4.78, 5) is 25.1. The van der Waals surface area contributed by atoms with Crippen LogP contribution >= 0.6 is 11.8 Å². The number of amides is 1. The number of carboxylic acids is 1. The minimum Gasteiger partial charge on any atom is -0.478 e. The number of aromatic carboxylic acids is 1. The van der Waals surface area contributed by atoms with Gasteiger partial charge in [-0.3, -0.25) is 4.79 Å². The van der Waals surface area contributed by atoms with Crippen molar-refractivity contribution in [1.29, 1.82) is 0 Å². The molecule has 1 fully saturated rings. The molecule has 0 saturated carbocycles. The molecule has 1 aliphatic rings. The molecule has 2 rings (SSSR count). The number of hydrogen-bond acceptors (Lipinski definition) is 3. The van der Waals surface area contributed by atoms with E-state index in [1.165, 1.54) is 6.07 Å². The Morgan fingerprint density at radius 3 is 2.80 bits per heavy atom. The van der Waals surface area contributed by atoms with Crippen LogP contribution in [-0.4, -0.2) is 45.5 Å². The molecule has 0 spiro atoms. The lowest BCUT2D eigenvalue weighted by atomic mass is 10.1. The number of nitrogens with zero attached hydrogens (tertiary/aromatic N) is 1. The SMILES string of the molecule is CC1(C)CN(C(=O)Cc2cccc(C(=O)O)c2)CCS1. The van der Waals surface area contributed by atoms with Gasteiger partial charge in [-0.2, -0.15) is 11.8 Å². The van der Waals surface area contributed by atoms with E-state index in [9.17, 15) is 9.59 Å². The first kappa shape index (κ1) is 14.9. The van der Waals surface area contributed by atoms with Gasteiger partial charge in [0, 0.05) is 23.6 Å². The highest BCUT2D eigenvalue weighted by Gasteiger charge is 2.29. The van der Waals surface area contributed by atoms with E-state index in [0.29, 0.717) is 0 Å². The summed E-state index contributed by atoms with van der Waals surface area (Å²) in [5.41, 5.74) is 0.982. The molecule has 1 N–H and O–H groups in total. The average Bonchev–Trinajstić information content (AvgIpc) is 2.37. The zero-order chi connectivity index (χ0) is 14.8. The number of hydrogen-bond donors (Lipinski definition) is 1. The van der Waals surface area contributed by atoms with Crippen molar-refractivity contribution in [2.24, 2.45) is 0 Å². The van der Waals surface area contributed by atoms with Crippen molar-refractivity contribution in [2.45, 2.75) is 25.0 Å². The number of carbonyl (C=O) groups excluding carboxylic acids is 1. The maximum absolute atomic E-state index is 12.3. The minimum absolute atomic E-state index is 0.0703. The molecule has 1 amide bonds. The van der Waals surface area contributed by atoms with E-state index < -0.39 is 5.97 Å². The summed E-state index contributed by atoms with van der Waals surface area (Å²) in [7, 11) is 0. The lowest BCUT2D eigenvalue weighted by Crippen LogP contribution is -2.46. The van der Waals surface area contributed by atoms with Gasteiger partial charge >= 0.3 is 5.97 Å². The second-order valence-electron chi connectivity index (χ2n) is 5.61. The third kappa shape index (κ3) is 3.76. The molecular weight excluding hydrogens is 274 g/mol. The van der Waals surface area contributed by atoms with E-state index in [1.807, 2.05) is 16.7 Å². The summed E-state index contributed by atoms with van der Waals surface area (Å²) >= 11 is 1.88. The molecule has 1 saturated heterocycles. The third-order valence-corrected chi connectivity index (χ3v) is 4.60. The minimum atomic E-state index is -0.963. The normalized spacial score (nSPS) is 17.8. The Morgan fingerprint density at radius 2 is 2.15 bits per heavy atom. The first-order valence-corrected chi connectivity index (χ1v) is 7.60. The van der Waals surface area contributed by atoms with E-state index in [2.05, 4.69) is 13.8 Å². The number of rotatable bonds is 3. The first-order chi connectivity index (χ1) is 9.37. The molecule has 0 radical (unpaired) electrons. The molecule has 0 bridgehead atoms. The molecule has 108 valence electrons. The Morgan fingerprint density at radius 1 is 1.40 bits per heavy atom. The fourth-order valence-corrected chi connectivity index (χ4v) is 3.44. The highest BCUT2D eigenvalue weighted by atomic mass is 32.2. The Labute approximate surface area is 123 Å². The van der Waals surface area contributed by atoms with Gasteiger partial charge in [-0.25, -0.2) is 4.79 Å². The van der Waals surface area contributed by atoms with Crippen LogP contribution in [0.2, 0.25) is 0 Å². The van der Waals surface area contributed by atoms with Crippen LogP contribution in [0, 0.1) is 0 Å². The molecule has 1 aliphatic heterocycles. The van der Waals surface area contributed by atoms with Crippen LogP contribution in [-0.2, 0) is 11.2 Å². The van der Waals surface area contributed by atoms with Crippen LogP contribution in [0.3, 0.4) is 0 Å². The summed E-state index contributed by atoms with van der Waals surface area (Å²) in [6, 6.07) is 6.59. The fraction of sp³-hybridized carbons (Fsp3) is 0.467. The first-order valence-electron chi connectivity index (χ1n) is 6.61. The van der Waals surface area contributed by atoms with Crippen LogP contribution < -0.4 is 0 Å². The molecular formula is C15H19NO3S. The fourth-order valence-electron chi connectivity index (χ4n) is 2.33. The molecule has 5 heteroatoms. The lowest BCUT2D eigenvalue weighted by Gasteiger charge is -2.37. The Balaban J connectivity index is 2.04. The molecule has 0 aliphatic carbocycles. The van der Waals surface area contributed by atoms with E-state index in [4.69, 9.17) is 5.11 Å². The Bertz CT molecular complexity index is 528. The van der Waals surface area contributed by atoms with E-state index in [1.54, 1.807) is 18.2 Å². The summed E-state index contributed by atoms with van der Waals surface area (Å²) < 4.78 is 0.0941. The maximum atomic E-state index is 12.3. The predicted molar refractivity (Wildman–Crippen MR) is 80.2 cm³/mol. The second-order valence-corrected chi connectivity index (χ2v) is 7.41. The van der Waals surface area contributed by atoms with Gasteiger partial charge in [0.05, 0.1) is 12.0 Å². The van der Waals surface area contributed by atoms with Crippen LogP contribution in [0.25, 0.3) is 0 Å². The van der Waals surface area contributed by atoms with Gasteiger partial charge in [0.1, 0.15) is 0 Å². The highest BCUT2D eigenvalue weighted by Crippen LogP contribution is 2.29. The van der Waals surface area contributed by atoms with E-state index in [0.717, 1.165) is 24.4 Å². The molecule has 1 aromatic rings. The van der Waals surface area contributed by atoms with E-state index >= 15 is 0 Å². The van der Waals surface area contributed by atoms with Crippen molar-refractivity contribution >= 4 is 23.6 Å². The standard InChI is InChI=1S/C15H19NO3S/c1-15(2)10-16(6-7-20-15)13(17)9-11-4-3-5-12(8-11)14(18)19/h3-5,8H,6-7,9-10H2,1-2H3,(H,18,19). The topological polar surface area (TPSA) is 57.6 Å². The predicted octanol–water partition coefficient (Wildman–Crippen LogP) is 2.28. The molecule has 4 nitrogen and oxygen atoms in total. The summed E-state index contributed by atoms with van der Waals surface area (Å²) in [6.07, 6.45) is 0.266. The zero-order valence-corrected chi connectivity index (χ0v) is 12.6. The third-order valence-electron chi connectivity index (χ3n) is 3.31. The number of carboxylic acid groups (broad SMARTS) is 1. The van der Waals surface area contributed by atoms with Crippen molar-refractivity contribution in [3.05, 3.63) is 35.4 Å². The average molecular weight is 293 g/mol. The van der Waals surface area contributed by atoms with Crippen molar-refractivity contribution < 1.29 is 14.7 Å². The Kier molecular flexibility index (Phi) is 4.38. The number of thioether (sulfide) groups is 1. The van der Waals surface area contributed by atoms with Crippen LogP contribution in [0.5, 0.6) is 0 Å². The summed E-state index contributed by atoms with van der Waals surface area (Å²) in [6.45, 7) is 5.80. The van der Waals surface area contributed by atoms with Crippen molar-refractivity contribution in [1.82, 2.24) is 4.90 Å². The van der Waals surface area contributed by atoms with Gasteiger partial charge in [-0.15, -0.1) is 0 Å². The van der Waals surface area contributed by atoms with Crippen molar-refractivity contribution in [3.8, 4) is 0 Å². The molecule has 0 aromatic heterocycles. The van der Waals surface area contributed by atoms with Crippen LogP contribution in [0.1, 0.15) is 29.8 Å². The van der Waals surface area contributed by atoms with Gasteiger partial charge in [0.2, 0.25) is 5.91 Å². The number of carbonyl (C=O) groups is 2. The van der Waals surface area contributed by atoms with Crippen LogP contribution in [0.4, 0.5) is 0 Å². The summed E-state index contributed by atoms with van der Waals surface area (Å²) in [5, 5.41) is 8.96. The zero-order valence-electron chi connectivity index (χ0n) is 11.8. The largest absolute Gasteiger partial charge is 0.478 e. The van der Waals surface area contributed by atoms with Gasteiger partial charge in [0.15, 0.2) is 0 Å². The molecule has 20 heavy (non-hydrogen) atoms. The monoisotopic (exact) mass is 293 g/mol. The maximum Gasteiger partial charge on any atom is 0.335 e. The molecule has 0 unspecified atom stereocenters. The van der Waals surface area contributed by atoms with Gasteiger partial charge in [0.25, 0.3) is 0 Å². The molecule has 1 heterocycles. The van der Waals surface area contributed by atoms with Crippen LogP contribution in [0.15, 0.2) is 24.3 Å². The Hall–Kier alpha value is -1.49.